The second kappa shape index (κ2) is 12.0. The number of hydrogen-bond acceptors (Lipinski definition) is 5. The number of rotatable bonds is 11. The van der Waals surface area contributed by atoms with Gasteiger partial charge in [-0.25, -0.2) is 13.1 Å². The first-order chi connectivity index (χ1) is 13.5. The lowest BCUT2D eigenvalue weighted by molar-refractivity contribution is 0.0536. The van der Waals surface area contributed by atoms with E-state index in [1.807, 2.05) is 30.3 Å². The maximum Gasteiger partial charge on any atom is 0.213 e. The Morgan fingerprint density at radius 3 is 2.79 bits per heavy atom. The van der Waals surface area contributed by atoms with Crippen LogP contribution in [0.25, 0.3) is 0 Å². The predicted octanol–water partition coefficient (Wildman–Crippen LogP) is 0.666. The van der Waals surface area contributed by atoms with Crippen molar-refractivity contribution in [2.24, 2.45) is 10.9 Å². The van der Waals surface area contributed by atoms with E-state index in [1.165, 1.54) is 0 Å². The fourth-order valence-electron chi connectivity index (χ4n) is 3.04. The summed E-state index contributed by atoms with van der Waals surface area (Å²) >= 11 is 0. The van der Waals surface area contributed by atoms with Crippen molar-refractivity contribution < 1.29 is 17.9 Å². The Morgan fingerprint density at radius 1 is 1.29 bits per heavy atom. The third kappa shape index (κ3) is 8.14. The van der Waals surface area contributed by atoms with E-state index in [0.717, 1.165) is 31.0 Å². The summed E-state index contributed by atoms with van der Waals surface area (Å²) in [5, 5.41) is 3.16. The Morgan fingerprint density at radius 2 is 2.07 bits per heavy atom. The molecule has 1 heterocycles. The molecule has 1 aromatic carbocycles. The van der Waals surface area contributed by atoms with Crippen LogP contribution in [0.5, 0.6) is 0 Å². The minimum atomic E-state index is -3.35. The van der Waals surface area contributed by atoms with Gasteiger partial charge in [0, 0.05) is 46.3 Å². The average Bonchev–Trinajstić information content (AvgIpc) is 3.17. The minimum absolute atomic E-state index is 0.00372. The molecule has 28 heavy (non-hydrogen) atoms. The highest BCUT2D eigenvalue weighted by Crippen LogP contribution is 2.16. The van der Waals surface area contributed by atoms with Gasteiger partial charge in [0.15, 0.2) is 5.96 Å². The van der Waals surface area contributed by atoms with Crippen LogP contribution in [0.15, 0.2) is 35.3 Å². The molecule has 0 radical (unpaired) electrons. The molecule has 1 aliphatic heterocycles. The molecule has 8 nitrogen and oxygen atoms in total. The number of likely N-dealkylation sites (tertiary alicyclic amines) is 1. The van der Waals surface area contributed by atoms with Crippen molar-refractivity contribution in [3.63, 3.8) is 0 Å². The Kier molecular flexibility index (Phi) is 9.69. The molecule has 1 aliphatic rings. The van der Waals surface area contributed by atoms with Gasteiger partial charge in [0.05, 0.1) is 25.6 Å². The average molecular weight is 413 g/mol. The summed E-state index contributed by atoms with van der Waals surface area (Å²) in [4.78, 5) is 6.43. The lowest BCUT2D eigenvalue weighted by atomic mass is 10.1. The Labute approximate surface area is 168 Å². The fourth-order valence-corrected chi connectivity index (χ4v) is 3.95. The standard InChI is InChI=1S/C19H32N4O4S/c1-20-19(23-10-8-18(15-23)16-27-12-11-26-2)21-9-13-28(24,25)22-14-17-6-4-3-5-7-17/h3-7,18,22H,8-16H2,1-2H3,(H,20,21). The number of nitrogens with zero attached hydrogens (tertiary/aromatic N) is 2. The van der Waals surface area contributed by atoms with Gasteiger partial charge in [-0.15, -0.1) is 0 Å². The second-order valence-electron chi connectivity index (χ2n) is 6.77. The van der Waals surface area contributed by atoms with Gasteiger partial charge in [-0.2, -0.15) is 0 Å². The van der Waals surface area contributed by atoms with Crippen LogP contribution in [0.2, 0.25) is 0 Å². The number of hydrogen-bond donors (Lipinski definition) is 2. The van der Waals surface area contributed by atoms with Crippen LogP contribution in [-0.4, -0.2) is 78.6 Å². The third-order valence-corrected chi connectivity index (χ3v) is 5.90. The van der Waals surface area contributed by atoms with Crippen LogP contribution < -0.4 is 10.0 Å². The summed E-state index contributed by atoms with van der Waals surface area (Å²) in [5.74, 6) is 1.18. The molecule has 0 aliphatic carbocycles. The first-order valence-electron chi connectivity index (χ1n) is 9.57. The molecule has 2 rings (SSSR count). The number of aliphatic imine (C=N–C) groups is 1. The van der Waals surface area contributed by atoms with E-state index in [0.29, 0.717) is 38.8 Å². The van der Waals surface area contributed by atoms with Crippen molar-refractivity contribution >= 4 is 16.0 Å². The van der Waals surface area contributed by atoms with E-state index in [9.17, 15) is 8.42 Å². The van der Waals surface area contributed by atoms with Gasteiger partial charge in [-0.1, -0.05) is 30.3 Å². The molecule has 0 spiro atoms. The Balaban J connectivity index is 1.69. The van der Waals surface area contributed by atoms with E-state index in [-0.39, 0.29) is 5.75 Å². The molecule has 0 aromatic heterocycles. The quantitative estimate of drug-likeness (QED) is 0.315. The highest BCUT2D eigenvalue weighted by atomic mass is 32.2. The monoisotopic (exact) mass is 412 g/mol. The van der Waals surface area contributed by atoms with E-state index in [1.54, 1.807) is 14.2 Å². The maximum absolute atomic E-state index is 12.2. The zero-order chi connectivity index (χ0) is 20.2. The summed E-state index contributed by atoms with van der Waals surface area (Å²) in [5.41, 5.74) is 0.936. The van der Waals surface area contributed by atoms with Crippen LogP contribution in [-0.2, 0) is 26.0 Å². The van der Waals surface area contributed by atoms with Crippen LogP contribution in [0.1, 0.15) is 12.0 Å². The van der Waals surface area contributed by atoms with Crippen LogP contribution in [0, 0.1) is 5.92 Å². The fraction of sp³-hybridized carbons (Fsp3) is 0.632. The lowest BCUT2D eigenvalue weighted by Gasteiger charge is -2.21. The number of guanidine groups is 1. The number of ether oxygens (including phenoxy) is 2. The molecule has 1 fully saturated rings. The van der Waals surface area contributed by atoms with E-state index in [2.05, 4.69) is 19.9 Å². The molecule has 0 amide bonds. The number of methoxy groups -OCH3 is 1. The van der Waals surface area contributed by atoms with Crippen LogP contribution in [0.3, 0.4) is 0 Å². The molecule has 1 atom stereocenters. The molecule has 1 unspecified atom stereocenters. The largest absolute Gasteiger partial charge is 0.382 e. The van der Waals surface area contributed by atoms with E-state index in [4.69, 9.17) is 9.47 Å². The first-order valence-corrected chi connectivity index (χ1v) is 11.2. The molecule has 0 saturated carbocycles. The van der Waals surface area contributed by atoms with E-state index < -0.39 is 10.0 Å². The molecule has 1 aromatic rings. The van der Waals surface area contributed by atoms with Crippen molar-refractivity contribution in [2.75, 3.05) is 59.4 Å². The molecule has 2 N–H and O–H groups in total. The summed E-state index contributed by atoms with van der Waals surface area (Å²) in [6.07, 6.45) is 1.03. The van der Waals surface area contributed by atoms with Gasteiger partial charge in [0.25, 0.3) is 0 Å². The van der Waals surface area contributed by atoms with Crippen molar-refractivity contribution in [3.8, 4) is 0 Å². The predicted molar refractivity (Wildman–Crippen MR) is 111 cm³/mol. The van der Waals surface area contributed by atoms with Gasteiger partial charge >= 0.3 is 0 Å². The van der Waals surface area contributed by atoms with Gasteiger partial charge in [0.1, 0.15) is 0 Å². The topological polar surface area (TPSA) is 92.3 Å². The molecule has 1 saturated heterocycles. The summed E-state index contributed by atoms with van der Waals surface area (Å²) in [6.45, 7) is 4.26. The number of sulfonamides is 1. The molecular formula is C19H32N4O4S. The molecule has 158 valence electrons. The summed E-state index contributed by atoms with van der Waals surface area (Å²) in [6, 6.07) is 9.47. The normalized spacial score (nSPS) is 17.9. The highest BCUT2D eigenvalue weighted by Gasteiger charge is 2.25. The molecule has 9 heteroatoms. The van der Waals surface area contributed by atoms with Gasteiger partial charge < -0.3 is 19.7 Å². The lowest BCUT2D eigenvalue weighted by Crippen LogP contribution is -2.43. The van der Waals surface area contributed by atoms with E-state index >= 15 is 0 Å². The van der Waals surface area contributed by atoms with Crippen molar-refractivity contribution in [3.05, 3.63) is 35.9 Å². The van der Waals surface area contributed by atoms with Crippen LogP contribution in [0.4, 0.5) is 0 Å². The third-order valence-electron chi connectivity index (χ3n) is 4.58. The SMILES string of the molecule is CN=C(NCCS(=O)(=O)NCc1ccccc1)N1CCC(COCCOC)C1. The smallest absolute Gasteiger partial charge is 0.213 e. The van der Waals surface area contributed by atoms with Crippen molar-refractivity contribution in [1.82, 2.24) is 14.9 Å². The number of nitrogens with one attached hydrogen (secondary N) is 2. The second-order valence-corrected chi connectivity index (χ2v) is 8.69. The highest BCUT2D eigenvalue weighted by molar-refractivity contribution is 7.89. The summed E-state index contributed by atoms with van der Waals surface area (Å²) in [7, 11) is 0.0223. The molecule has 0 bridgehead atoms. The Bertz CT molecular complexity index is 697. The maximum atomic E-state index is 12.2. The van der Waals surface area contributed by atoms with Crippen molar-refractivity contribution in [2.45, 2.75) is 13.0 Å². The minimum Gasteiger partial charge on any atom is -0.382 e. The zero-order valence-electron chi connectivity index (χ0n) is 16.8. The van der Waals surface area contributed by atoms with Crippen LogP contribution >= 0.6 is 0 Å². The van der Waals surface area contributed by atoms with Crippen molar-refractivity contribution in [1.29, 1.82) is 0 Å². The first kappa shape index (κ1) is 22.6. The molecular weight excluding hydrogens is 380 g/mol. The Hall–Kier alpha value is -1.68. The van der Waals surface area contributed by atoms with Gasteiger partial charge in [-0.3, -0.25) is 4.99 Å². The van der Waals surface area contributed by atoms with Gasteiger partial charge in [0.2, 0.25) is 10.0 Å². The van der Waals surface area contributed by atoms with Gasteiger partial charge in [-0.05, 0) is 12.0 Å². The summed E-state index contributed by atoms with van der Waals surface area (Å²) < 4.78 is 37.6. The zero-order valence-corrected chi connectivity index (χ0v) is 17.6. The number of benzene rings is 1.